The molecule has 12 heteroatoms. The van der Waals surface area contributed by atoms with Crippen molar-refractivity contribution in [3.05, 3.63) is 47.8 Å². The molecule has 4 N–H and O–H groups in total. The number of nitrogens with zero attached hydrogens (tertiary/aromatic N) is 4. The molecule has 4 rings (SSSR count). The van der Waals surface area contributed by atoms with Crippen molar-refractivity contribution >= 4 is 21.8 Å². The Morgan fingerprint density at radius 1 is 1.38 bits per heavy atom. The number of hydrogen-bond donors (Lipinski definition) is 3. The fourth-order valence-corrected chi connectivity index (χ4v) is 3.28. The van der Waals surface area contributed by atoms with E-state index < -0.39 is 16.1 Å². The van der Waals surface area contributed by atoms with E-state index in [0.29, 0.717) is 17.2 Å². The van der Waals surface area contributed by atoms with Gasteiger partial charge < -0.3 is 15.2 Å². The molecule has 32 heavy (non-hydrogen) atoms. The Bertz CT molecular complexity index is 1280. The minimum atomic E-state index is -3.55. The van der Waals surface area contributed by atoms with Gasteiger partial charge in [0.15, 0.2) is 17.2 Å². The number of nitriles is 1. The highest BCUT2D eigenvalue weighted by atomic mass is 32.2. The molecule has 1 saturated carbocycles. The third-order valence-corrected chi connectivity index (χ3v) is 5.35. The van der Waals surface area contributed by atoms with Crippen LogP contribution in [0.15, 0.2) is 36.4 Å². The lowest BCUT2D eigenvalue weighted by molar-refractivity contribution is 0.195. The van der Waals surface area contributed by atoms with Crippen LogP contribution in [0.3, 0.4) is 0 Å². The predicted molar refractivity (Wildman–Crippen MR) is 116 cm³/mol. The first-order valence-corrected chi connectivity index (χ1v) is 11.3. The molecule has 1 amide bonds. The van der Waals surface area contributed by atoms with E-state index in [2.05, 4.69) is 21.3 Å². The van der Waals surface area contributed by atoms with Gasteiger partial charge in [0.05, 0.1) is 30.2 Å². The smallest absolute Gasteiger partial charge is 0.404 e. The van der Waals surface area contributed by atoms with Crippen molar-refractivity contribution in [1.82, 2.24) is 19.9 Å². The van der Waals surface area contributed by atoms with E-state index in [1.165, 1.54) is 0 Å². The van der Waals surface area contributed by atoms with Crippen molar-refractivity contribution in [3.63, 3.8) is 0 Å². The van der Waals surface area contributed by atoms with Gasteiger partial charge in [-0.3, -0.25) is 0 Å². The van der Waals surface area contributed by atoms with Crippen molar-refractivity contribution in [3.8, 4) is 23.1 Å². The molecule has 0 saturated heterocycles. The van der Waals surface area contributed by atoms with Crippen LogP contribution in [0.1, 0.15) is 30.1 Å². The Balaban J connectivity index is 0.000000247. The number of fused-ring (bicyclic) bond motifs is 1. The number of ether oxygens (including phenoxy) is 1. The topological polar surface area (TPSA) is 173 Å². The second kappa shape index (κ2) is 9.63. The number of carboxylic acid groups (broad SMARTS) is 1. The molecular formula is C20H22N6O5S. The lowest BCUT2D eigenvalue weighted by Crippen LogP contribution is -2.30. The van der Waals surface area contributed by atoms with Crippen molar-refractivity contribution in [2.45, 2.75) is 18.8 Å². The van der Waals surface area contributed by atoms with Gasteiger partial charge in [0.25, 0.3) is 0 Å². The lowest BCUT2D eigenvalue weighted by Gasteiger charge is -2.07. The molecule has 0 unspecified atom stereocenters. The van der Waals surface area contributed by atoms with Crippen LogP contribution >= 0.6 is 0 Å². The molecule has 168 valence electrons. The first-order chi connectivity index (χ1) is 15.2. The minimum Gasteiger partial charge on any atom is -0.493 e. The Labute approximate surface area is 184 Å². The van der Waals surface area contributed by atoms with Crippen LogP contribution in [0.25, 0.3) is 16.9 Å². The van der Waals surface area contributed by atoms with E-state index in [0.717, 1.165) is 35.6 Å². The third-order valence-electron chi connectivity index (χ3n) is 4.58. The Morgan fingerprint density at radius 3 is 2.72 bits per heavy atom. The Kier molecular flexibility index (Phi) is 6.92. The molecule has 3 aromatic rings. The molecule has 2 heterocycles. The quantitative estimate of drug-likeness (QED) is 0.500. The number of carbonyl (C=O) groups is 1. The summed E-state index contributed by atoms with van der Waals surface area (Å²) in [5, 5.41) is 28.1. The largest absolute Gasteiger partial charge is 0.493 e. The molecule has 1 aliphatic rings. The van der Waals surface area contributed by atoms with Crippen LogP contribution in [-0.2, 0) is 10.0 Å². The maximum absolute atomic E-state index is 10.2. The van der Waals surface area contributed by atoms with E-state index in [1.54, 1.807) is 13.2 Å². The molecule has 1 aromatic carbocycles. The van der Waals surface area contributed by atoms with Gasteiger partial charge >= 0.3 is 6.09 Å². The zero-order valence-corrected chi connectivity index (χ0v) is 18.0. The van der Waals surface area contributed by atoms with Gasteiger partial charge in [-0.1, -0.05) is 12.1 Å². The third kappa shape index (κ3) is 5.93. The first-order valence-electron chi connectivity index (χ1n) is 9.63. The number of benzene rings is 1. The number of rotatable bonds is 6. The standard InChI is InChI=1S/C17H14N4O.C3H8N2O4S/c1-22-15-8-7-14(13-4-2-3-11(9-13)10-18)21-17(15)19-16(20-21)12-5-6-12;4-10(8,9)2-1-5-3(6)7/h2-4,7-9,12H,5-6H2,1H3;5H,1-2H2,(H,6,7)(H2,4,8,9). The summed E-state index contributed by atoms with van der Waals surface area (Å²) in [7, 11) is -1.91. The number of hydrogen-bond acceptors (Lipinski definition) is 7. The van der Waals surface area contributed by atoms with E-state index in [9.17, 15) is 13.2 Å². The summed E-state index contributed by atoms with van der Waals surface area (Å²) in [4.78, 5) is 14.4. The van der Waals surface area contributed by atoms with Crippen molar-refractivity contribution in [2.75, 3.05) is 19.4 Å². The van der Waals surface area contributed by atoms with Crippen LogP contribution in [-0.4, -0.2) is 53.6 Å². The fourth-order valence-electron chi connectivity index (χ4n) is 2.90. The summed E-state index contributed by atoms with van der Waals surface area (Å²) in [5.41, 5.74) is 3.21. The highest BCUT2D eigenvalue weighted by Gasteiger charge is 2.29. The number of amides is 1. The maximum atomic E-state index is 10.2. The van der Waals surface area contributed by atoms with E-state index in [-0.39, 0.29) is 12.3 Å². The van der Waals surface area contributed by atoms with Crippen molar-refractivity contribution in [1.29, 1.82) is 5.26 Å². The van der Waals surface area contributed by atoms with Gasteiger partial charge in [-0.05, 0) is 37.1 Å². The Morgan fingerprint density at radius 2 is 2.12 bits per heavy atom. The summed E-state index contributed by atoms with van der Waals surface area (Å²) in [6, 6.07) is 13.5. The van der Waals surface area contributed by atoms with E-state index in [4.69, 9.17) is 15.1 Å². The summed E-state index contributed by atoms with van der Waals surface area (Å²) < 4.78 is 27.5. The van der Waals surface area contributed by atoms with Gasteiger partial charge in [0.1, 0.15) is 0 Å². The summed E-state index contributed by atoms with van der Waals surface area (Å²) in [6.07, 6.45) is 1.04. The minimum absolute atomic E-state index is 0.172. The second-order valence-corrected chi connectivity index (χ2v) is 8.79. The van der Waals surface area contributed by atoms with Gasteiger partial charge in [0.2, 0.25) is 10.0 Å². The van der Waals surface area contributed by atoms with Gasteiger partial charge in [-0.2, -0.15) is 10.4 Å². The molecule has 1 fully saturated rings. The number of nitrogens with two attached hydrogens (primary N) is 1. The molecule has 1 aliphatic carbocycles. The summed E-state index contributed by atoms with van der Waals surface area (Å²) in [5.74, 6) is 1.68. The van der Waals surface area contributed by atoms with Crippen LogP contribution in [0.2, 0.25) is 0 Å². The normalized spacial score (nSPS) is 13.0. The molecule has 0 atom stereocenters. The van der Waals surface area contributed by atoms with Crippen LogP contribution in [0, 0.1) is 11.3 Å². The van der Waals surface area contributed by atoms with Crippen LogP contribution in [0.4, 0.5) is 4.79 Å². The Hall–Kier alpha value is -3.69. The van der Waals surface area contributed by atoms with E-state index in [1.807, 2.05) is 40.2 Å². The van der Waals surface area contributed by atoms with Gasteiger partial charge in [-0.25, -0.2) is 27.9 Å². The first kappa shape index (κ1) is 23.0. The summed E-state index contributed by atoms with van der Waals surface area (Å²) in [6.45, 7) is -0.172. The second-order valence-electron chi connectivity index (χ2n) is 7.06. The molecule has 2 aromatic heterocycles. The average molecular weight is 459 g/mol. The molecular weight excluding hydrogens is 436 g/mol. The maximum Gasteiger partial charge on any atom is 0.404 e. The van der Waals surface area contributed by atoms with Crippen molar-refractivity contribution < 1.29 is 23.1 Å². The number of aromatic nitrogens is 3. The number of primary sulfonamides is 1. The molecule has 0 radical (unpaired) electrons. The van der Waals surface area contributed by atoms with Gasteiger partial charge in [0, 0.05) is 18.0 Å². The number of methoxy groups -OCH3 is 1. The highest BCUT2D eigenvalue weighted by Crippen LogP contribution is 2.39. The van der Waals surface area contributed by atoms with Crippen LogP contribution in [0.5, 0.6) is 5.75 Å². The molecule has 0 spiro atoms. The fraction of sp³-hybridized carbons (Fsp3) is 0.300. The number of pyridine rings is 1. The lowest BCUT2D eigenvalue weighted by atomic mass is 10.1. The molecule has 11 nitrogen and oxygen atoms in total. The zero-order chi connectivity index (χ0) is 23.3. The monoisotopic (exact) mass is 458 g/mol. The zero-order valence-electron chi connectivity index (χ0n) is 17.2. The molecule has 0 bridgehead atoms. The predicted octanol–water partition coefficient (Wildman–Crippen LogP) is 1.70. The van der Waals surface area contributed by atoms with Crippen LogP contribution < -0.4 is 15.2 Å². The number of nitrogens with one attached hydrogen (secondary N) is 1. The number of sulfonamides is 1. The molecule has 0 aliphatic heterocycles. The average Bonchev–Trinajstić information content (AvgIpc) is 3.50. The van der Waals surface area contributed by atoms with E-state index >= 15 is 0 Å². The van der Waals surface area contributed by atoms with Gasteiger partial charge in [-0.15, -0.1) is 0 Å². The SMILES string of the molecule is COc1ccc(-c2cccc(C#N)c2)n2nc(C3CC3)nc12.NS(=O)(=O)CCNC(=O)O. The van der Waals surface area contributed by atoms with Crippen molar-refractivity contribution in [2.24, 2.45) is 5.14 Å². The summed E-state index contributed by atoms with van der Waals surface area (Å²) >= 11 is 0. The highest BCUT2D eigenvalue weighted by molar-refractivity contribution is 7.89.